The third kappa shape index (κ3) is 2.41. The molecule has 0 bridgehead atoms. The number of aryl methyl sites for hydroxylation is 1. The number of rotatable bonds is 2. The van der Waals surface area contributed by atoms with Crippen molar-refractivity contribution < 1.29 is 4.79 Å². The molecule has 0 unspecified atom stereocenters. The average Bonchev–Trinajstić information content (AvgIpc) is 2.48. The van der Waals surface area contributed by atoms with Gasteiger partial charge in [0.1, 0.15) is 5.69 Å². The summed E-state index contributed by atoms with van der Waals surface area (Å²) < 4.78 is 0. The van der Waals surface area contributed by atoms with Crippen molar-refractivity contribution in [1.29, 1.82) is 0 Å². The van der Waals surface area contributed by atoms with Crippen molar-refractivity contribution in [1.82, 2.24) is 9.97 Å². The van der Waals surface area contributed by atoms with Crippen LogP contribution in [0, 0.1) is 6.92 Å². The fourth-order valence-electron chi connectivity index (χ4n) is 2.31. The van der Waals surface area contributed by atoms with Gasteiger partial charge in [0.25, 0.3) is 5.91 Å². The highest BCUT2D eigenvalue weighted by molar-refractivity contribution is 6.13. The van der Waals surface area contributed by atoms with E-state index in [1.807, 2.05) is 25.1 Å². The van der Waals surface area contributed by atoms with Crippen molar-refractivity contribution in [2.75, 3.05) is 11.1 Å². The lowest BCUT2D eigenvalue weighted by atomic mass is 10.0. The highest BCUT2D eigenvalue weighted by atomic mass is 16.1. The van der Waals surface area contributed by atoms with Gasteiger partial charge in [0.15, 0.2) is 0 Å². The van der Waals surface area contributed by atoms with Crippen LogP contribution in [0.25, 0.3) is 10.8 Å². The summed E-state index contributed by atoms with van der Waals surface area (Å²) in [6.45, 7) is 1.93. The molecule has 104 valence electrons. The highest BCUT2D eigenvalue weighted by Gasteiger charge is 2.14. The maximum Gasteiger partial charge on any atom is 0.274 e. The zero-order valence-corrected chi connectivity index (χ0v) is 11.5. The lowest BCUT2D eigenvalue weighted by Gasteiger charge is -2.10. The largest absolute Gasteiger partial charge is 0.398 e. The lowest BCUT2D eigenvalue weighted by Crippen LogP contribution is -2.14. The molecule has 3 N–H and O–H groups in total. The van der Waals surface area contributed by atoms with Crippen LogP contribution in [0.2, 0.25) is 0 Å². The number of nitrogen functional groups attached to an aromatic ring is 1. The van der Waals surface area contributed by atoms with Gasteiger partial charge in [-0.25, -0.2) is 0 Å². The monoisotopic (exact) mass is 278 g/mol. The molecule has 3 aromatic rings. The summed E-state index contributed by atoms with van der Waals surface area (Å²) in [7, 11) is 0. The quantitative estimate of drug-likeness (QED) is 0.706. The summed E-state index contributed by atoms with van der Waals surface area (Å²) in [4.78, 5) is 20.6. The molecule has 5 nitrogen and oxygen atoms in total. The zero-order valence-electron chi connectivity index (χ0n) is 11.5. The molecule has 0 saturated heterocycles. The van der Waals surface area contributed by atoms with Gasteiger partial charge in [-0.2, -0.15) is 0 Å². The Morgan fingerprint density at radius 2 is 2.05 bits per heavy atom. The number of pyridine rings is 2. The van der Waals surface area contributed by atoms with Gasteiger partial charge in [0.2, 0.25) is 0 Å². The Labute approximate surface area is 121 Å². The first-order valence-corrected chi connectivity index (χ1v) is 6.52. The van der Waals surface area contributed by atoms with Gasteiger partial charge in [0, 0.05) is 28.9 Å². The summed E-state index contributed by atoms with van der Waals surface area (Å²) in [6, 6.07) is 9.02. The predicted octanol–water partition coefficient (Wildman–Crippen LogP) is 2.77. The lowest BCUT2D eigenvalue weighted by molar-refractivity contribution is 0.102. The number of amides is 1. The molecule has 1 amide bonds. The molecule has 0 aliphatic rings. The normalized spacial score (nSPS) is 10.5. The summed E-state index contributed by atoms with van der Waals surface area (Å²) in [6.07, 6.45) is 4.90. The SMILES string of the molecule is Cc1cnc(C(=O)Nc2cccnc2)c2cccc(N)c12. The van der Waals surface area contributed by atoms with Crippen LogP contribution in [0.5, 0.6) is 0 Å². The number of aromatic nitrogens is 2. The van der Waals surface area contributed by atoms with Crippen molar-refractivity contribution in [3.8, 4) is 0 Å². The molecule has 1 aromatic carbocycles. The molecule has 0 aliphatic heterocycles. The number of nitrogens with zero attached hydrogens (tertiary/aromatic N) is 2. The van der Waals surface area contributed by atoms with Crippen molar-refractivity contribution >= 4 is 28.1 Å². The van der Waals surface area contributed by atoms with Crippen molar-refractivity contribution in [2.45, 2.75) is 6.92 Å². The van der Waals surface area contributed by atoms with E-state index in [-0.39, 0.29) is 5.91 Å². The fourth-order valence-corrected chi connectivity index (χ4v) is 2.31. The number of fused-ring (bicyclic) bond motifs is 1. The Balaban J connectivity index is 2.07. The molecule has 21 heavy (non-hydrogen) atoms. The molecule has 2 heterocycles. The van der Waals surface area contributed by atoms with Gasteiger partial charge < -0.3 is 11.1 Å². The highest BCUT2D eigenvalue weighted by Crippen LogP contribution is 2.26. The molecule has 0 saturated carbocycles. The number of anilines is 2. The molecule has 0 aliphatic carbocycles. The molecule has 2 aromatic heterocycles. The van der Waals surface area contributed by atoms with E-state index in [9.17, 15) is 4.79 Å². The van der Waals surface area contributed by atoms with E-state index in [2.05, 4.69) is 15.3 Å². The topological polar surface area (TPSA) is 80.9 Å². The first kappa shape index (κ1) is 13.1. The first-order chi connectivity index (χ1) is 10.2. The minimum absolute atomic E-state index is 0.279. The average molecular weight is 278 g/mol. The van der Waals surface area contributed by atoms with Crippen LogP contribution < -0.4 is 11.1 Å². The Morgan fingerprint density at radius 1 is 1.19 bits per heavy atom. The van der Waals surface area contributed by atoms with Crippen LogP contribution >= 0.6 is 0 Å². The molecular formula is C16H14N4O. The summed E-state index contributed by atoms with van der Waals surface area (Å²) in [5, 5.41) is 4.40. The molecule has 0 fully saturated rings. The van der Waals surface area contributed by atoms with Crippen LogP contribution in [0.4, 0.5) is 11.4 Å². The molecule has 0 radical (unpaired) electrons. The zero-order chi connectivity index (χ0) is 14.8. The van der Waals surface area contributed by atoms with Crippen LogP contribution in [-0.4, -0.2) is 15.9 Å². The molecule has 5 heteroatoms. The fraction of sp³-hybridized carbons (Fsp3) is 0.0625. The molecule has 0 spiro atoms. The maximum atomic E-state index is 12.4. The van der Waals surface area contributed by atoms with Gasteiger partial charge in [-0.1, -0.05) is 12.1 Å². The second-order valence-electron chi connectivity index (χ2n) is 4.76. The number of hydrogen-bond donors (Lipinski definition) is 2. The van der Waals surface area contributed by atoms with Crippen molar-refractivity contribution in [3.05, 3.63) is 60.2 Å². The number of carbonyl (C=O) groups is 1. The van der Waals surface area contributed by atoms with Crippen molar-refractivity contribution in [2.24, 2.45) is 0 Å². The van der Waals surface area contributed by atoms with Gasteiger partial charge >= 0.3 is 0 Å². The van der Waals surface area contributed by atoms with E-state index in [0.717, 1.165) is 16.3 Å². The maximum absolute atomic E-state index is 12.4. The van der Waals surface area contributed by atoms with E-state index in [4.69, 9.17) is 5.73 Å². The van der Waals surface area contributed by atoms with Crippen LogP contribution in [0.3, 0.4) is 0 Å². The first-order valence-electron chi connectivity index (χ1n) is 6.52. The molecule has 0 atom stereocenters. The third-order valence-corrected chi connectivity index (χ3v) is 3.27. The second-order valence-corrected chi connectivity index (χ2v) is 4.76. The van der Waals surface area contributed by atoms with Crippen LogP contribution in [-0.2, 0) is 0 Å². The Hall–Kier alpha value is -2.95. The van der Waals surface area contributed by atoms with E-state index in [1.165, 1.54) is 0 Å². The van der Waals surface area contributed by atoms with E-state index >= 15 is 0 Å². The van der Waals surface area contributed by atoms with E-state index < -0.39 is 0 Å². The van der Waals surface area contributed by atoms with Gasteiger partial charge in [0.05, 0.1) is 11.9 Å². The summed E-state index contributed by atoms with van der Waals surface area (Å²) in [5.74, 6) is -0.279. The third-order valence-electron chi connectivity index (χ3n) is 3.27. The van der Waals surface area contributed by atoms with Crippen LogP contribution in [0.15, 0.2) is 48.9 Å². The van der Waals surface area contributed by atoms with Gasteiger partial charge in [-0.15, -0.1) is 0 Å². The summed E-state index contributed by atoms with van der Waals surface area (Å²) in [5.41, 5.74) is 8.58. The number of nitrogens with one attached hydrogen (secondary N) is 1. The standard InChI is InChI=1S/C16H14N4O/c1-10-8-19-15(12-5-2-6-13(17)14(10)12)16(21)20-11-4-3-7-18-9-11/h2-9H,17H2,1H3,(H,20,21). The van der Waals surface area contributed by atoms with Gasteiger partial charge in [-0.05, 0) is 30.7 Å². The smallest absolute Gasteiger partial charge is 0.274 e. The summed E-state index contributed by atoms with van der Waals surface area (Å²) >= 11 is 0. The van der Waals surface area contributed by atoms with E-state index in [1.54, 1.807) is 30.7 Å². The Morgan fingerprint density at radius 3 is 2.81 bits per heavy atom. The number of benzene rings is 1. The van der Waals surface area contributed by atoms with Crippen molar-refractivity contribution in [3.63, 3.8) is 0 Å². The van der Waals surface area contributed by atoms with Crippen LogP contribution in [0.1, 0.15) is 16.1 Å². The van der Waals surface area contributed by atoms with E-state index in [0.29, 0.717) is 17.1 Å². The van der Waals surface area contributed by atoms with Gasteiger partial charge in [-0.3, -0.25) is 14.8 Å². The second kappa shape index (κ2) is 5.20. The number of nitrogens with two attached hydrogens (primary N) is 1. The Bertz CT molecular complexity index is 807. The Kier molecular flexibility index (Phi) is 3.23. The molecule has 3 rings (SSSR count). The predicted molar refractivity (Wildman–Crippen MR) is 83.1 cm³/mol. The number of carbonyl (C=O) groups excluding carboxylic acids is 1. The minimum atomic E-state index is -0.279. The molecular weight excluding hydrogens is 264 g/mol. The number of hydrogen-bond acceptors (Lipinski definition) is 4. The minimum Gasteiger partial charge on any atom is -0.398 e.